The molecule has 4 atom stereocenters. The third kappa shape index (κ3) is 8.60. The van der Waals surface area contributed by atoms with Crippen molar-refractivity contribution < 1.29 is 19.3 Å². The monoisotopic (exact) mass is 564 g/mol. The SMILES string of the molecule is CC1=N[C@H]([C@@H](OCc2ccccc2)[C@@H](OCc2ccccc2)[C@H](O)COCc2ccccc2)CN1Cc1ccccc1. The molecule has 5 rings (SSSR count). The summed E-state index contributed by atoms with van der Waals surface area (Å²) < 4.78 is 19.1. The predicted octanol–water partition coefficient (Wildman–Crippen LogP) is 6.04. The van der Waals surface area contributed by atoms with E-state index in [1.54, 1.807) is 0 Å². The van der Waals surface area contributed by atoms with Gasteiger partial charge in [0.2, 0.25) is 0 Å². The number of amidine groups is 1. The molecule has 1 aliphatic heterocycles. The summed E-state index contributed by atoms with van der Waals surface area (Å²) in [6, 6.07) is 40.2. The van der Waals surface area contributed by atoms with Crippen LogP contribution >= 0.6 is 0 Å². The molecule has 4 aromatic carbocycles. The van der Waals surface area contributed by atoms with Crippen LogP contribution in [0.25, 0.3) is 0 Å². The number of benzene rings is 4. The molecule has 4 aromatic rings. The number of aliphatic hydroxyl groups excluding tert-OH is 1. The first kappa shape index (κ1) is 29.7. The molecule has 0 bridgehead atoms. The molecule has 0 radical (unpaired) electrons. The van der Waals surface area contributed by atoms with Crippen LogP contribution in [0.3, 0.4) is 0 Å². The number of nitrogens with zero attached hydrogens (tertiary/aromatic N) is 2. The van der Waals surface area contributed by atoms with Crippen molar-refractivity contribution in [3.63, 3.8) is 0 Å². The second kappa shape index (κ2) is 15.4. The molecule has 0 spiro atoms. The standard InChI is InChI=1S/C36H40N2O4/c1-28-37-33(23-38(28)22-29-14-6-2-7-15-29)35(41-25-31-18-10-4-11-19-31)36(42-26-32-20-12-5-13-21-32)34(39)27-40-24-30-16-8-3-9-17-30/h2-21,33-36,39H,22-27H2,1H3/t33-,34+,35+,36-/m0/s1. The smallest absolute Gasteiger partial charge is 0.114 e. The third-order valence-electron chi connectivity index (χ3n) is 7.49. The molecule has 1 aliphatic rings. The van der Waals surface area contributed by atoms with E-state index < -0.39 is 18.3 Å². The van der Waals surface area contributed by atoms with Crippen molar-refractivity contribution in [3.05, 3.63) is 144 Å². The average Bonchev–Trinajstić information content (AvgIpc) is 3.39. The number of aliphatic hydroxyl groups is 1. The van der Waals surface area contributed by atoms with Gasteiger partial charge in [0.25, 0.3) is 0 Å². The second-order valence-corrected chi connectivity index (χ2v) is 10.7. The van der Waals surface area contributed by atoms with Crippen LogP contribution in [0.15, 0.2) is 126 Å². The Hall–Kier alpha value is -3.81. The van der Waals surface area contributed by atoms with E-state index in [0.29, 0.717) is 26.4 Å². The van der Waals surface area contributed by atoms with Gasteiger partial charge in [0.1, 0.15) is 18.3 Å². The van der Waals surface area contributed by atoms with E-state index in [9.17, 15) is 5.11 Å². The molecule has 1 N–H and O–H groups in total. The molecular formula is C36H40N2O4. The van der Waals surface area contributed by atoms with Gasteiger partial charge in [0, 0.05) is 13.1 Å². The summed E-state index contributed by atoms with van der Waals surface area (Å²) in [6.45, 7) is 4.72. The molecule has 0 unspecified atom stereocenters. The van der Waals surface area contributed by atoms with Crippen LogP contribution in [0.1, 0.15) is 29.2 Å². The Morgan fingerprint density at radius 2 is 1.17 bits per heavy atom. The Balaban J connectivity index is 1.35. The highest BCUT2D eigenvalue weighted by molar-refractivity contribution is 5.81. The number of hydrogen-bond acceptors (Lipinski definition) is 6. The highest BCUT2D eigenvalue weighted by Gasteiger charge is 2.40. The van der Waals surface area contributed by atoms with Gasteiger partial charge in [-0.3, -0.25) is 4.99 Å². The first-order valence-electron chi connectivity index (χ1n) is 14.6. The van der Waals surface area contributed by atoms with E-state index in [2.05, 4.69) is 29.2 Å². The van der Waals surface area contributed by atoms with Crippen LogP contribution in [-0.2, 0) is 40.6 Å². The lowest BCUT2D eigenvalue weighted by Gasteiger charge is -2.34. The van der Waals surface area contributed by atoms with Crippen molar-refractivity contribution in [1.82, 2.24) is 4.90 Å². The zero-order valence-electron chi connectivity index (χ0n) is 24.2. The van der Waals surface area contributed by atoms with E-state index in [4.69, 9.17) is 19.2 Å². The van der Waals surface area contributed by atoms with Gasteiger partial charge in [-0.25, -0.2) is 0 Å². The molecule has 218 valence electrons. The fourth-order valence-corrected chi connectivity index (χ4v) is 5.23. The molecule has 42 heavy (non-hydrogen) atoms. The summed E-state index contributed by atoms with van der Waals surface area (Å²) in [4.78, 5) is 7.32. The summed E-state index contributed by atoms with van der Waals surface area (Å²) in [6.07, 6.45) is -2.08. The molecule has 0 saturated carbocycles. The number of ether oxygens (including phenoxy) is 3. The van der Waals surface area contributed by atoms with Gasteiger partial charge in [-0.15, -0.1) is 0 Å². The van der Waals surface area contributed by atoms with Gasteiger partial charge < -0.3 is 24.2 Å². The average molecular weight is 565 g/mol. The van der Waals surface area contributed by atoms with E-state index >= 15 is 0 Å². The van der Waals surface area contributed by atoms with Crippen molar-refractivity contribution in [1.29, 1.82) is 0 Å². The van der Waals surface area contributed by atoms with Crippen molar-refractivity contribution in [3.8, 4) is 0 Å². The van der Waals surface area contributed by atoms with Crippen LogP contribution in [0.5, 0.6) is 0 Å². The van der Waals surface area contributed by atoms with Crippen LogP contribution in [0.4, 0.5) is 0 Å². The van der Waals surface area contributed by atoms with E-state index in [1.807, 2.05) is 104 Å². The minimum absolute atomic E-state index is 0.114. The van der Waals surface area contributed by atoms with Gasteiger partial charge in [0.15, 0.2) is 0 Å². The fourth-order valence-electron chi connectivity index (χ4n) is 5.23. The lowest BCUT2D eigenvalue weighted by molar-refractivity contribution is -0.153. The van der Waals surface area contributed by atoms with Crippen LogP contribution in [0, 0.1) is 0 Å². The molecule has 1 heterocycles. The van der Waals surface area contributed by atoms with E-state index in [0.717, 1.165) is 29.1 Å². The number of rotatable bonds is 15. The number of hydrogen-bond donors (Lipinski definition) is 1. The minimum Gasteiger partial charge on any atom is -0.388 e. The first-order chi connectivity index (χ1) is 20.7. The second-order valence-electron chi connectivity index (χ2n) is 10.7. The molecule has 6 nitrogen and oxygen atoms in total. The lowest BCUT2D eigenvalue weighted by Crippen LogP contribution is -2.50. The van der Waals surface area contributed by atoms with Gasteiger partial charge in [0.05, 0.1) is 38.3 Å². The summed E-state index contributed by atoms with van der Waals surface area (Å²) >= 11 is 0. The minimum atomic E-state index is -0.920. The van der Waals surface area contributed by atoms with Gasteiger partial charge >= 0.3 is 0 Å². The van der Waals surface area contributed by atoms with E-state index in [-0.39, 0.29) is 12.6 Å². The highest BCUT2D eigenvalue weighted by atomic mass is 16.6. The lowest BCUT2D eigenvalue weighted by atomic mass is 10.0. The Morgan fingerprint density at radius 1 is 0.690 bits per heavy atom. The maximum absolute atomic E-state index is 11.6. The zero-order valence-corrected chi connectivity index (χ0v) is 24.2. The van der Waals surface area contributed by atoms with Crippen molar-refractivity contribution >= 4 is 5.84 Å². The Morgan fingerprint density at radius 3 is 1.71 bits per heavy atom. The van der Waals surface area contributed by atoms with Crippen molar-refractivity contribution in [2.45, 2.75) is 57.6 Å². The molecule has 0 aromatic heterocycles. The van der Waals surface area contributed by atoms with Gasteiger partial charge in [-0.2, -0.15) is 0 Å². The van der Waals surface area contributed by atoms with Crippen molar-refractivity contribution in [2.75, 3.05) is 13.2 Å². The van der Waals surface area contributed by atoms with Crippen LogP contribution < -0.4 is 0 Å². The van der Waals surface area contributed by atoms with Crippen molar-refractivity contribution in [2.24, 2.45) is 4.99 Å². The largest absolute Gasteiger partial charge is 0.388 e. The topological polar surface area (TPSA) is 63.5 Å². The predicted molar refractivity (Wildman–Crippen MR) is 166 cm³/mol. The Kier molecular flexibility index (Phi) is 10.9. The van der Waals surface area contributed by atoms with Crippen LogP contribution in [0.2, 0.25) is 0 Å². The summed E-state index contributed by atoms with van der Waals surface area (Å²) in [5.41, 5.74) is 4.36. The summed E-state index contributed by atoms with van der Waals surface area (Å²) in [5, 5.41) is 11.6. The zero-order chi connectivity index (χ0) is 29.0. The summed E-state index contributed by atoms with van der Waals surface area (Å²) in [7, 11) is 0. The molecule has 0 amide bonds. The fraction of sp³-hybridized carbons (Fsp3) is 0.306. The highest BCUT2D eigenvalue weighted by Crippen LogP contribution is 2.25. The molecule has 0 aliphatic carbocycles. The quantitative estimate of drug-likeness (QED) is 0.191. The van der Waals surface area contributed by atoms with E-state index in [1.165, 1.54) is 5.56 Å². The molecule has 0 fully saturated rings. The van der Waals surface area contributed by atoms with Crippen LogP contribution in [-0.4, -0.2) is 53.3 Å². The van der Waals surface area contributed by atoms with Gasteiger partial charge in [-0.1, -0.05) is 121 Å². The molecule has 6 heteroatoms. The Labute approximate surface area is 249 Å². The summed E-state index contributed by atoms with van der Waals surface area (Å²) in [5.74, 6) is 0.953. The first-order valence-corrected chi connectivity index (χ1v) is 14.6. The van der Waals surface area contributed by atoms with Gasteiger partial charge in [-0.05, 0) is 29.2 Å². The number of aliphatic imine (C=N–C) groups is 1. The third-order valence-corrected chi connectivity index (χ3v) is 7.49. The normalized spacial score (nSPS) is 17.0. The Bertz CT molecular complexity index is 1350. The maximum Gasteiger partial charge on any atom is 0.114 e. The molecular weight excluding hydrogens is 524 g/mol. The maximum atomic E-state index is 11.6. The molecule has 0 saturated heterocycles.